The van der Waals surface area contributed by atoms with Gasteiger partial charge in [0.25, 0.3) is 0 Å². The normalized spacial score (nSPS) is 10.5. The molecule has 0 saturated carbocycles. The Balaban J connectivity index is -0.000000310. The van der Waals surface area contributed by atoms with Gasteiger partial charge in [0.2, 0.25) is 0 Å². The van der Waals surface area contributed by atoms with Gasteiger partial charge in [-0.2, -0.15) is 0 Å². The molecule has 0 spiro atoms. The van der Waals surface area contributed by atoms with E-state index in [0.29, 0.717) is 5.56 Å². The molecule has 0 unspecified atom stereocenters. The van der Waals surface area contributed by atoms with Gasteiger partial charge in [-0.3, -0.25) is 0 Å². The van der Waals surface area contributed by atoms with Crippen LogP contribution in [0.15, 0.2) is 72.8 Å². The first-order valence-corrected chi connectivity index (χ1v) is 21.5. The molecule has 0 aliphatic carbocycles. The van der Waals surface area contributed by atoms with Crippen LogP contribution in [-0.2, 0) is 21.7 Å². The molecule has 0 aliphatic heterocycles. The summed E-state index contributed by atoms with van der Waals surface area (Å²) in [6, 6.07) is 24.5. The molecule has 326 valence electrons. The van der Waals surface area contributed by atoms with Crippen LogP contribution in [0.5, 0.6) is 5.75 Å². The highest BCUT2D eigenvalue weighted by Gasteiger charge is 2.21. The number of halogens is 2. The Hall–Kier alpha value is -3.46. The molecule has 0 N–H and O–H groups in total. The zero-order valence-corrected chi connectivity index (χ0v) is 42.1. The standard InChI is InChI=1S/C12H18O.C12H18.C11H14F2.C11H16.4C2H6/c1-9-7-6-8-10(11(9)13-5)12(2,3)4;1-9-6-7-11(8-10(9)2)12(3,4)5;1-7-9(12)6-5-8(10(7)13)11(2,3)4;1-9-6-5-7-10(8-9)11(2,3)4;4*1-2/h6-8H,1-5H3;6-8H,1-5H3;5-6H,1-4H3;5-8H,1-4H3;4*1-2H3. The van der Waals surface area contributed by atoms with E-state index < -0.39 is 11.6 Å². The molecule has 0 amide bonds. The zero-order valence-electron chi connectivity index (χ0n) is 42.1. The maximum atomic E-state index is 13.5. The number of methoxy groups -OCH3 is 1. The van der Waals surface area contributed by atoms with Crippen molar-refractivity contribution in [3.05, 3.63) is 135 Å². The monoisotopic (exact) mass is 793 g/mol. The fraction of sp³-hybridized carbons (Fsp3) is 0.556. The maximum absolute atomic E-state index is 13.5. The van der Waals surface area contributed by atoms with E-state index in [2.05, 4.69) is 151 Å². The summed E-state index contributed by atoms with van der Waals surface area (Å²) >= 11 is 0. The molecule has 1 nitrogen and oxygen atoms in total. The molecule has 0 aromatic heterocycles. The molecule has 0 heterocycles. The van der Waals surface area contributed by atoms with Crippen molar-refractivity contribution in [2.45, 2.75) is 195 Å². The van der Waals surface area contributed by atoms with E-state index in [9.17, 15) is 8.78 Å². The average Bonchev–Trinajstić information content (AvgIpc) is 3.14. The Morgan fingerprint density at radius 1 is 0.421 bits per heavy atom. The van der Waals surface area contributed by atoms with Gasteiger partial charge in [0.1, 0.15) is 17.4 Å². The molecule has 4 aromatic rings. The van der Waals surface area contributed by atoms with Crippen LogP contribution in [0.25, 0.3) is 0 Å². The second-order valence-corrected chi connectivity index (χ2v) is 17.4. The minimum Gasteiger partial charge on any atom is -0.496 e. The minimum atomic E-state index is -0.481. The van der Waals surface area contributed by atoms with Crippen molar-refractivity contribution in [3.8, 4) is 5.75 Å². The molecule has 0 atom stereocenters. The lowest BCUT2D eigenvalue weighted by Crippen LogP contribution is -2.14. The summed E-state index contributed by atoms with van der Waals surface area (Å²) in [5, 5.41) is 0. The average molecular weight is 793 g/mol. The second kappa shape index (κ2) is 28.9. The van der Waals surface area contributed by atoms with Crippen molar-refractivity contribution in [2.75, 3.05) is 7.11 Å². The van der Waals surface area contributed by atoms with E-state index >= 15 is 0 Å². The smallest absolute Gasteiger partial charge is 0.132 e. The van der Waals surface area contributed by atoms with Gasteiger partial charge in [0.15, 0.2) is 0 Å². The third kappa shape index (κ3) is 22.9. The SMILES string of the molecule is CC.CC.CC.CC.COc1c(C)cccc1C(C)(C)C.Cc1c(F)ccc(C(C)(C)C)c1F.Cc1ccc(C(C)(C)C)cc1C.Cc1cccc(C(C)(C)C)c1. The highest BCUT2D eigenvalue weighted by molar-refractivity contribution is 5.44. The first-order chi connectivity index (χ1) is 26.2. The van der Waals surface area contributed by atoms with E-state index in [1.54, 1.807) is 7.11 Å². The maximum Gasteiger partial charge on any atom is 0.132 e. The fourth-order valence-electron chi connectivity index (χ4n) is 5.07. The van der Waals surface area contributed by atoms with Crippen molar-refractivity contribution in [1.29, 1.82) is 0 Å². The van der Waals surface area contributed by atoms with Crippen molar-refractivity contribution in [1.82, 2.24) is 0 Å². The molecular weight excluding hydrogens is 703 g/mol. The van der Waals surface area contributed by atoms with Crippen molar-refractivity contribution < 1.29 is 13.5 Å². The molecule has 0 bridgehead atoms. The lowest BCUT2D eigenvalue weighted by atomic mass is 9.85. The molecule has 4 aromatic carbocycles. The summed E-state index contributed by atoms with van der Waals surface area (Å²) in [6.45, 7) is 51.8. The minimum absolute atomic E-state index is 0.104. The molecule has 0 radical (unpaired) electrons. The number of hydrogen-bond acceptors (Lipinski definition) is 1. The van der Waals surface area contributed by atoms with Crippen LogP contribution in [0.4, 0.5) is 8.78 Å². The summed E-state index contributed by atoms with van der Waals surface area (Å²) in [5.41, 5.74) is 10.5. The van der Waals surface area contributed by atoms with Gasteiger partial charge >= 0.3 is 0 Å². The molecule has 0 fully saturated rings. The number of rotatable bonds is 1. The molecule has 4 rings (SSSR count). The summed E-state index contributed by atoms with van der Waals surface area (Å²) < 4.78 is 31.8. The zero-order chi connectivity index (χ0) is 46.1. The van der Waals surface area contributed by atoms with Crippen LogP contribution in [0, 0.1) is 46.3 Å². The summed E-state index contributed by atoms with van der Waals surface area (Å²) in [7, 11) is 1.73. The molecule has 57 heavy (non-hydrogen) atoms. The Bertz CT molecular complexity index is 1630. The first-order valence-electron chi connectivity index (χ1n) is 21.5. The van der Waals surface area contributed by atoms with Crippen LogP contribution >= 0.6 is 0 Å². The lowest BCUT2D eigenvalue weighted by molar-refractivity contribution is 0.394. The van der Waals surface area contributed by atoms with Crippen molar-refractivity contribution >= 4 is 0 Å². The van der Waals surface area contributed by atoms with Crippen LogP contribution in [0.3, 0.4) is 0 Å². The quantitative estimate of drug-likeness (QED) is 0.187. The molecular formula is C54H90F2O. The van der Waals surface area contributed by atoms with Crippen molar-refractivity contribution in [2.24, 2.45) is 0 Å². The third-order valence-electron chi connectivity index (χ3n) is 8.61. The first kappa shape index (κ1) is 60.2. The van der Waals surface area contributed by atoms with Gasteiger partial charge in [-0.05, 0) is 101 Å². The fourth-order valence-corrected chi connectivity index (χ4v) is 5.07. The molecule has 3 heteroatoms. The molecule has 0 saturated heterocycles. The van der Waals surface area contributed by atoms with Crippen LogP contribution in [-0.4, -0.2) is 7.11 Å². The number of ether oxygens (including phenoxy) is 1. The van der Waals surface area contributed by atoms with Gasteiger partial charge < -0.3 is 4.74 Å². The highest BCUT2D eigenvalue weighted by Crippen LogP contribution is 2.33. The lowest BCUT2D eigenvalue weighted by Gasteiger charge is -2.23. The largest absolute Gasteiger partial charge is 0.496 e. The van der Waals surface area contributed by atoms with E-state index in [-0.39, 0.29) is 27.2 Å². The van der Waals surface area contributed by atoms with E-state index in [0.717, 1.165) is 5.75 Å². The Morgan fingerprint density at radius 2 is 0.860 bits per heavy atom. The number of benzene rings is 4. The molecule has 0 aliphatic rings. The Kier molecular flexibility index (Phi) is 30.5. The highest BCUT2D eigenvalue weighted by atomic mass is 19.1. The van der Waals surface area contributed by atoms with Gasteiger partial charge in [-0.15, -0.1) is 0 Å². The Labute approximate surface area is 354 Å². The number of hydrogen-bond donors (Lipinski definition) is 0. The predicted molar refractivity (Wildman–Crippen MR) is 256 cm³/mol. The summed E-state index contributed by atoms with van der Waals surface area (Å²) in [6.07, 6.45) is 0. The van der Waals surface area contributed by atoms with E-state index in [1.165, 1.54) is 58.0 Å². The van der Waals surface area contributed by atoms with Gasteiger partial charge in [0, 0.05) is 5.56 Å². The Morgan fingerprint density at radius 3 is 1.21 bits per heavy atom. The van der Waals surface area contributed by atoms with Crippen LogP contribution < -0.4 is 4.74 Å². The van der Waals surface area contributed by atoms with Crippen LogP contribution in [0.1, 0.15) is 189 Å². The predicted octanol–water partition coefficient (Wildman–Crippen LogP) is 17.9. The van der Waals surface area contributed by atoms with E-state index in [4.69, 9.17) is 4.74 Å². The van der Waals surface area contributed by atoms with Gasteiger partial charge in [-0.25, -0.2) is 8.78 Å². The second-order valence-electron chi connectivity index (χ2n) is 17.4. The summed E-state index contributed by atoms with van der Waals surface area (Å²) in [4.78, 5) is 0. The van der Waals surface area contributed by atoms with E-state index in [1.807, 2.05) is 76.2 Å². The topological polar surface area (TPSA) is 9.23 Å². The summed E-state index contributed by atoms with van der Waals surface area (Å²) in [5.74, 6) is 0.119. The number of para-hydroxylation sites is 1. The van der Waals surface area contributed by atoms with Gasteiger partial charge in [-0.1, -0.05) is 211 Å². The third-order valence-corrected chi connectivity index (χ3v) is 8.61. The van der Waals surface area contributed by atoms with Crippen LogP contribution in [0.2, 0.25) is 0 Å². The number of aryl methyl sites for hydroxylation is 4. The van der Waals surface area contributed by atoms with Crippen molar-refractivity contribution in [3.63, 3.8) is 0 Å². The van der Waals surface area contributed by atoms with Gasteiger partial charge in [0.05, 0.1) is 7.11 Å².